The van der Waals surface area contributed by atoms with Crippen LogP contribution >= 0.6 is 0 Å². The van der Waals surface area contributed by atoms with Gasteiger partial charge in [-0.15, -0.1) is 0 Å². The molecule has 6 heteroatoms. The van der Waals surface area contributed by atoms with Gasteiger partial charge in [-0.3, -0.25) is 19.7 Å². The number of pyridine rings is 2. The van der Waals surface area contributed by atoms with E-state index in [1.165, 1.54) is 5.56 Å². The van der Waals surface area contributed by atoms with Crippen molar-refractivity contribution in [2.24, 2.45) is 0 Å². The minimum atomic E-state index is -0.00239. The molecular formula is C28H43N5O. The molecule has 1 aliphatic heterocycles. The number of hydrogen-bond acceptors (Lipinski definition) is 5. The van der Waals surface area contributed by atoms with E-state index in [0.29, 0.717) is 6.54 Å². The summed E-state index contributed by atoms with van der Waals surface area (Å²) >= 11 is 0. The van der Waals surface area contributed by atoms with Crippen LogP contribution in [0.15, 0.2) is 36.7 Å². The molecule has 1 amide bonds. The second-order valence-corrected chi connectivity index (χ2v) is 11.5. The smallest absolute Gasteiger partial charge is 0.241 e. The monoisotopic (exact) mass is 465 g/mol. The Morgan fingerprint density at radius 3 is 2.18 bits per heavy atom. The maximum atomic E-state index is 12.8. The van der Waals surface area contributed by atoms with Crippen molar-refractivity contribution < 1.29 is 4.79 Å². The standard InChI is InChI=1S/C28H43N5O/c1-8-32(20-21-11-13-24(30-16-21)27(2,3)4)15-9-10-22-17-29-19-26(34)33(22)23-12-14-25(31-18-23)28(5,6)7/h11-14,16,18,22,29H,8-10,15,17,19-20H2,1-7H3. The summed E-state index contributed by atoms with van der Waals surface area (Å²) in [7, 11) is 0. The Balaban J connectivity index is 1.59. The lowest BCUT2D eigenvalue weighted by Gasteiger charge is -2.36. The summed E-state index contributed by atoms with van der Waals surface area (Å²) in [5, 5.41) is 3.30. The summed E-state index contributed by atoms with van der Waals surface area (Å²) in [6.07, 6.45) is 5.87. The highest BCUT2D eigenvalue weighted by Gasteiger charge is 2.29. The van der Waals surface area contributed by atoms with Crippen LogP contribution in [-0.2, 0) is 22.2 Å². The largest absolute Gasteiger partial charge is 0.306 e. The second kappa shape index (κ2) is 11.0. The Kier molecular flexibility index (Phi) is 8.47. The summed E-state index contributed by atoms with van der Waals surface area (Å²) in [5.74, 6) is 0.124. The van der Waals surface area contributed by atoms with Crippen LogP contribution in [-0.4, -0.2) is 53.0 Å². The van der Waals surface area contributed by atoms with Gasteiger partial charge in [0, 0.05) is 47.5 Å². The molecule has 1 unspecified atom stereocenters. The van der Waals surface area contributed by atoms with Gasteiger partial charge in [-0.2, -0.15) is 0 Å². The van der Waals surface area contributed by atoms with Crippen LogP contribution in [0.5, 0.6) is 0 Å². The van der Waals surface area contributed by atoms with Gasteiger partial charge < -0.3 is 10.2 Å². The molecule has 186 valence electrons. The van der Waals surface area contributed by atoms with Crippen molar-refractivity contribution in [1.29, 1.82) is 0 Å². The van der Waals surface area contributed by atoms with E-state index in [1.54, 1.807) is 0 Å². The topological polar surface area (TPSA) is 61.4 Å². The molecule has 0 aromatic carbocycles. The van der Waals surface area contributed by atoms with Crippen LogP contribution in [0.1, 0.15) is 78.3 Å². The highest BCUT2D eigenvalue weighted by Crippen LogP contribution is 2.25. The van der Waals surface area contributed by atoms with Crippen molar-refractivity contribution in [3.05, 3.63) is 53.6 Å². The molecule has 0 saturated carbocycles. The third-order valence-corrected chi connectivity index (χ3v) is 6.54. The fourth-order valence-electron chi connectivity index (χ4n) is 4.40. The lowest BCUT2D eigenvalue weighted by atomic mass is 9.91. The number of piperazine rings is 1. The van der Waals surface area contributed by atoms with Gasteiger partial charge in [-0.1, -0.05) is 54.5 Å². The van der Waals surface area contributed by atoms with Crippen molar-refractivity contribution in [1.82, 2.24) is 20.2 Å². The number of nitrogens with one attached hydrogen (secondary N) is 1. The second-order valence-electron chi connectivity index (χ2n) is 11.5. The number of nitrogens with zero attached hydrogens (tertiary/aromatic N) is 4. The highest BCUT2D eigenvalue weighted by atomic mass is 16.2. The van der Waals surface area contributed by atoms with Crippen molar-refractivity contribution in [3.8, 4) is 0 Å². The van der Waals surface area contributed by atoms with Crippen molar-refractivity contribution in [2.75, 3.05) is 31.1 Å². The third-order valence-electron chi connectivity index (χ3n) is 6.54. The summed E-state index contributed by atoms with van der Waals surface area (Å²) in [6, 6.07) is 8.61. The molecule has 0 bridgehead atoms. The lowest BCUT2D eigenvalue weighted by Crippen LogP contribution is -2.55. The van der Waals surface area contributed by atoms with Gasteiger partial charge in [-0.25, -0.2) is 0 Å². The van der Waals surface area contributed by atoms with E-state index in [2.05, 4.69) is 92.9 Å². The molecular weight excluding hydrogens is 422 g/mol. The first-order chi connectivity index (χ1) is 16.0. The average molecular weight is 466 g/mol. The van der Waals surface area contributed by atoms with Crippen LogP contribution in [0, 0.1) is 0 Å². The van der Waals surface area contributed by atoms with Crippen molar-refractivity contribution in [2.45, 2.75) is 84.7 Å². The van der Waals surface area contributed by atoms with Gasteiger partial charge in [-0.05, 0) is 49.7 Å². The van der Waals surface area contributed by atoms with Crippen LogP contribution < -0.4 is 10.2 Å². The zero-order chi connectivity index (χ0) is 24.9. The predicted octanol–water partition coefficient (Wildman–Crippen LogP) is 4.68. The highest BCUT2D eigenvalue weighted by molar-refractivity contribution is 5.96. The molecule has 0 aliphatic carbocycles. The molecule has 1 fully saturated rings. The Bertz CT molecular complexity index is 925. The lowest BCUT2D eigenvalue weighted by molar-refractivity contribution is -0.119. The molecule has 3 heterocycles. The molecule has 1 aliphatic rings. The summed E-state index contributed by atoms with van der Waals surface area (Å²) in [4.78, 5) is 26.5. The van der Waals surface area contributed by atoms with Gasteiger partial charge in [0.1, 0.15) is 0 Å². The Morgan fingerprint density at radius 2 is 1.65 bits per heavy atom. The van der Waals surface area contributed by atoms with Crippen LogP contribution in [0.25, 0.3) is 0 Å². The molecule has 0 radical (unpaired) electrons. The quantitative estimate of drug-likeness (QED) is 0.613. The summed E-state index contributed by atoms with van der Waals surface area (Å²) in [5.41, 5.74) is 4.39. The van der Waals surface area contributed by atoms with E-state index in [1.807, 2.05) is 17.3 Å². The molecule has 1 atom stereocenters. The molecule has 2 aromatic heterocycles. The number of anilines is 1. The van der Waals surface area contributed by atoms with Gasteiger partial charge in [0.2, 0.25) is 5.91 Å². The number of amides is 1. The zero-order valence-electron chi connectivity index (χ0n) is 22.2. The number of carbonyl (C=O) groups excluding carboxylic acids is 1. The number of aromatic nitrogens is 2. The van der Waals surface area contributed by atoms with Crippen molar-refractivity contribution >= 4 is 11.6 Å². The van der Waals surface area contributed by atoms with Crippen LogP contribution in [0.4, 0.5) is 5.69 Å². The van der Waals surface area contributed by atoms with Crippen LogP contribution in [0.3, 0.4) is 0 Å². The minimum absolute atomic E-state index is 0.00239. The maximum absolute atomic E-state index is 12.8. The normalized spacial score (nSPS) is 17.5. The third kappa shape index (κ3) is 6.86. The minimum Gasteiger partial charge on any atom is -0.306 e. The van der Waals surface area contributed by atoms with Gasteiger partial charge >= 0.3 is 0 Å². The van der Waals surface area contributed by atoms with E-state index in [-0.39, 0.29) is 22.8 Å². The summed E-state index contributed by atoms with van der Waals surface area (Å²) < 4.78 is 0. The average Bonchev–Trinajstić information content (AvgIpc) is 2.78. The number of hydrogen-bond donors (Lipinski definition) is 1. The van der Waals surface area contributed by atoms with E-state index in [0.717, 1.165) is 56.1 Å². The Labute approximate surface area is 206 Å². The Morgan fingerprint density at radius 1 is 1.00 bits per heavy atom. The van der Waals surface area contributed by atoms with E-state index >= 15 is 0 Å². The first kappa shape index (κ1) is 26.3. The first-order valence-electron chi connectivity index (χ1n) is 12.7. The van der Waals surface area contributed by atoms with E-state index < -0.39 is 0 Å². The van der Waals surface area contributed by atoms with Crippen molar-refractivity contribution in [3.63, 3.8) is 0 Å². The predicted molar refractivity (Wildman–Crippen MR) is 140 cm³/mol. The van der Waals surface area contributed by atoms with Gasteiger partial charge in [0.05, 0.1) is 18.4 Å². The number of carbonyl (C=O) groups is 1. The molecule has 6 nitrogen and oxygen atoms in total. The SMILES string of the molecule is CCN(CCCC1CNCC(=O)N1c1ccc(C(C)(C)C)nc1)Cc1ccc(C(C)(C)C)nc1. The fraction of sp³-hybridized carbons (Fsp3) is 0.607. The molecule has 3 rings (SSSR count). The molecule has 34 heavy (non-hydrogen) atoms. The molecule has 1 saturated heterocycles. The van der Waals surface area contributed by atoms with E-state index in [9.17, 15) is 4.79 Å². The Hall–Kier alpha value is -2.31. The molecule has 2 aromatic rings. The number of rotatable bonds is 8. The zero-order valence-corrected chi connectivity index (χ0v) is 22.2. The summed E-state index contributed by atoms with van der Waals surface area (Å²) in [6.45, 7) is 19.3. The molecule has 0 spiro atoms. The fourth-order valence-corrected chi connectivity index (χ4v) is 4.40. The maximum Gasteiger partial charge on any atom is 0.241 e. The molecule has 1 N–H and O–H groups in total. The van der Waals surface area contributed by atoms with Gasteiger partial charge in [0.15, 0.2) is 0 Å². The van der Waals surface area contributed by atoms with Gasteiger partial charge in [0.25, 0.3) is 0 Å². The van der Waals surface area contributed by atoms with E-state index in [4.69, 9.17) is 0 Å². The van der Waals surface area contributed by atoms with Crippen LogP contribution in [0.2, 0.25) is 0 Å². The first-order valence-corrected chi connectivity index (χ1v) is 12.7.